The van der Waals surface area contributed by atoms with E-state index in [9.17, 15) is 4.79 Å². The van der Waals surface area contributed by atoms with E-state index < -0.39 is 0 Å². The Bertz CT molecular complexity index is 465. The zero-order valence-corrected chi connectivity index (χ0v) is 11.9. The van der Waals surface area contributed by atoms with Crippen LogP contribution in [-0.2, 0) is 20.7 Å². The molecular formula is C16H21NO3. The van der Waals surface area contributed by atoms with Crippen molar-refractivity contribution < 1.29 is 14.3 Å². The van der Waals surface area contributed by atoms with E-state index in [2.05, 4.69) is 24.4 Å². The summed E-state index contributed by atoms with van der Waals surface area (Å²) in [5.41, 5.74) is 2.07. The van der Waals surface area contributed by atoms with Crippen LogP contribution in [0.1, 0.15) is 31.7 Å². The van der Waals surface area contributed by atoms with Crippen molar-refractivity contribution in [2.45, 2.75) is 32.6 Å². The molecule has 2 rings (SSSR count). The summed E-state index contributed by atoms with van der Waals surface area (Å²) < 4.78 is 10.3. The van der Waals surface area contributed by atoms with E-state index in [0.717, 1.165) is 12.1 Å². The van der Waals surface area contributed by atoms with Gasteiger partial charge < -0.3 is 14.8 Å². The number of anilines is 1. The lowest BCUT2D eigenvalue weighted by Crippen LogP contribution is -2.21. The summed E-state index contributed by atoms with van der Waals surface area (Å²) in [7, 11) is 0. The fourth-order valence-corrected chi connectivity index (χ4v) is 2.01. The zero-order valence-electron chi connectivity index (χ0n) is 11.9. The first-order valence-electron chi connectivity index (χ1n) is 7.14. The molecule has 1 aromatic carbocycles. The molecule has 1 amide bonds. The summed E-state index contributed by atoms with van der Waals surface area (Å²) in [6.45, 7) is 3.10. The van der Waals surface area contributed by atoms with Gasteiger partial charge in [0.1, 0.15) is 19.5 Å². The van der Waals surface area contributed by atoms with Gasteiger partial charge in [0.25, 0.3) is 5.91 Å². The van der Waals surface area contributed by atoms with E-state index in [-0.39, 0.29) is 11.7 Å². The fourth-order valence-electron chi connectivity index (χ4n) is 2.01. The number of nitrogens with one attached hydrogen (secondary N) is 1. The topological polar surface area (TPSA) is 47.6 Å². The van der Waals surface area contributed by atoms with E-state index >= 15 is 0 Å². The summed E-state index contributed by atoms with van der Waals surface area (Å²) in [5.74, 6) is -0.0493. The van der Waals surface area contributed by atoms with Crippen molar-refractivity contribution in [3.8, 4) is 0 Å². The van der Waals surface area contributed by atoms with Crippen LogP contribution in [0.3, 0.4) is 0 Å². The fraction of sp³-hybridized carbons (Fsp3) is 0.438. The Kier molecular flexibility index (Phi) is 5.47. The Hall–Kier alpha value is -1.97. The highest BCUT2D eigenvalue weighted by atomic mass is 16.6. The SMILES string of the molecule is CCCCCc1ccc(NC(=O)C2=COCCO2)cc1. The molecule has 0 fully saturated rings. The second-order valence-electron chi connectivity index (χ2n) is 4.81. The van der Waals surface area contributed by atoms with Crippen LogP contribution < -0.4 is 5.32 Å². The molecule has 0 bridgehead atoms. The first kappa shape index (κ1) is 14.4. The van der Waals surface area contributed by atoms with Gasteiger partial charge in [0.15, 0.2) is 0 Å². The molecule has 1 N–H and O–H groups in total. The quantitative estimate of drug-likeness (QED) is 0.811. The number of ether oxygens (including phenoxy) is 2. The second kappa shape index (κ2) is 7.58. The molecule has 4 heteroatoms. The van der Waals surface area contributed by atoms with Crippen LogP contribution in [0, 0.1) is 0 Å². The maximum absolute atomic E-state index is 11.9. The van der Waals surface area contributed by atoms with E-state index in [1.54, 1.807) is 0 Å². The molecule has 108 valence electrons. The van der Waals surface area contributed by atoms with Crippen molar-refractivity contribution in [1.29, 1.82) is 0 Å². The lowest BCUT2D eigenvalue weighted by atomic mass is 10.1. The van der Waals surface area contributed by atoms with Gasteiger partial charge in [0.05, 0.1) is 0 Å². The molecular weight excluding hydrogens is 254 g/mol. The third-order valence-corrected chi connectivity index (χ3v) is 3.15. The monoisotopic (exact) mass is 275 g/mol. The molecule has 4 nitrogen and oxygen atoms in total. The molecule has 0 aliphatic carbocycles. The molecule has 0 atom stereocenters. The Morgan fingerprint density at radius 3 is 2.65 bits per heavy atom. The van der Waals surface area contributed by atoms with Crippen LogP contribution in [0.2, 0.25) is 0 Å². The summed E-state index contributed by atoms with van der Waals surface area (Å²) in [6, 6.07) is 7.95. The van der Waals surface area contributed by atoms with Crippen LogP contribution in [0.5, 0.6) is 0 Å². The summed E-state index contributed by atoms with van der Waals surface area (Å²) >= 11 is 0. The molecule has 0 unspecified atom stereocenters. The van der Waals surface area contributed by atoms with Gasteiger partial charge >= 0.3 is 0 Å². The number of carbonyl (C=O) groups excluding carboxylic acids is 1. The normalized spacial score (nSPS) is 13.9. The minimum absolute atomic E-state index is 0.225. The lowest BCUT2D eigenvalue weighted by molar-refractivity contribution is -0.117. The number of hydrogen-bond acceptors (Lipinski definition) is 3. The van der Waals surface area contributed by atoms with Gasteiger partial charge in [-0.05, 0) is 30.5 Å². The Morgan fingerprint density at radius 2 is 2.00 bits per heavy atom. The average Bonchev–Trinajstić information content (AvgIpc) is 2.50. The van der Waals surface area contributed by atoms with Crippen molar-refractivity contribution >= 4 is 11.6 Å². The molecule has 0 saturated heterocycles. The molecule has 0 spiro atoms. The van der Waals surface area contributed by atoms with Crippen molar-refractivity contribution in [3.05, 3.63) is 41.9 Å². The van der Waals surface area contributed by atoms with E-state index in [4.69, 9.17) is 9.47 Å². The molecule has 1 aliphatic heterocycles. The van der Waals surface area contributed by atoms with Crippen molar-refractivity contribution in [2.75, 3.05) is 18.5 Å². The standard InChI is InChI=1S/C16H21NO3/c1-2-3-4-5-13-6-8-14(9-7-13)17-16(18)15-12-19-10-11-20-15/h6-9,12H,2-5,10-11H2,1H3,(H,17,18). The molecule has 0 aromatic heterocycles. The van der Waals surface area contributed by atoms with Crippen molar-refractivity contribution in [3.63, 3.8) is 0 Å². The van der Waals surface area contributed by atoms with Gasteiger partial charge in [-0.15, -0.1) is 0 Å². The summed E-state index contributed by atoms with van der Waals surface area (Å²) in [5, 5.41) is 2.79. The Morgan fingerprint density at radius 1 is 1.20 bits per heavy atom. The van der Waals surface area contributed by atoms with Crippen LogP contribution in [0.25, 0.3) is 0 Å². The van der Waals surface area contributed by atoms with Gasteiger partial charge in [0.2, 0.25) is 5.76 Å². The van der Waals surface area contributed by atoms with Crippen molar-refractivity contribution in [1.82, 2.24) is 0 Å². The van der Waals surface area contributed by atoms with Crippen LogP contribution in [0.4, 0.5) is 5.69 Å². The number of unbranched alkanes of at least 4 members (excludes halogenated alkanes) is 2. The summed E-state index contributed by atoms with van der Waals surface area (Å²) in [6.07, 6.45) is 6.14. The highest BCUT2D eigenvalue weighted by Gasteiger charge is 2.14. The highest BCUT2D eigenvalue weighted by molar-refractivity contribution is 6.02. The second-order valence-corrected chi connectivity index (χ2v) is 4.81. The third-order valence-electron chi connectivity index (χ3n) is 3.15. The molecule has 1 aromatic rings. The van der Waals surface area contributed by atoms with Gasteiger partial charge in [-0.25, -0.2) is 0 Å². The minimum Gasteiger partial charge on any atom is -0.494 e. The maximum Gasteiger partial charge on any atom is 0.294 e. The summed E-state index contributed by atoms with van der Waals surface area (Å²) in [4.78, 5) is 11.9. The van der Waals surface area contributed by atoms with E-state index in [0.29, 0.717) is 13.2 Å². The van der Waals surface area contributed by atoms with Gasteiger partial charge in [-0.3, -0.25) is 4.79 Å². The number of aryl methyl sites for hydroxylation is 1. The maximum atomic E-state index is 11.9. The van der Waals surface area contributed by atoms with E-state index in [1.807, 2.05) is 12.1 Å². The van der Waals surface area contributed by atoms with Crippen molar-refractivity contribution in [2.24, 2.45) is 0 Å². The Labute approximate surface area is 119 Å². The predicted molar refractivity (Wildman–Crippen MR) is 78.3 cm³/mol. The molecule has 0 radical (unpaired) electrons. The molecule has 20 heavy (non-hydrogen) atoms. The van der Waals surface area contributed by atoms with Crippen LogP contribution >= 0.6 is 0 Å². The van der Waals surface area contributed by atoms with Crippen LogP contribution in [-0.4, -0.2) is 19.1 Å². The third kappa shape index (κ3) is 4.30. The predicted octanol–water partition coefficient (Wildman–Crippen LogP) is 3.25. The molecule has 0 saturated carbocycles. The van der Waals surface area contributed by atoms with Crippen LogP contribution in [0.15, 0.2) is 36.3 Å². The van der Waals surface area contributed by atoms with Gasteiger partial charge in [-0.2, -0.15) is 0 Å². The van der Waals surface area contributed by atoms with E-state index in [1.165, 1.54) is 31.1 Å². The Balaban J connectivity index is 1.86. The molecule has 1 aliphatic rings. The number of rotatable bonds is 6. The number of amides is 1. The molecule has 1 heterocycles. The zero-order chi connectivity index (χ0) is 14.2. The largest absolute Gasteiger partial charge is 0.494 e. The number of carbonyl (C=O) groups is 1. The smallest absolute Gasteiger partial charge is 0.294 e. The number of hydrogen-bond donors (Lipinski definition) is 1. The number of benzene rings is 1. The first-order valence-corrected chi connectivity index (χ1v) is 7.14. The van der Waals surface area contributed by atoms with Gasteiger partial charge in [0, 0.05) is 5.69 Å². The highest BCUT2D eigenvalue weighted by Crippen LogP contribution is 2.14. The van der Waals surface area contributed by atoms with Gasteiger partial charge in [-0.1, -0.05) is 31.9 Å². The first-order chi connectivity index (χ1) is 9.79. The lowest BCUT2D eigenvalue weighted by Gasteiger charge is -2.15. The average molecular weight is 275 g/mol. The minimum atomic E-state index is -0.275.